The maximum Gasteiger partial charge on any atom is 0.323 e. The van der Waals surface area contributed by atoms with Crippen LogP contribution < -0.4 is 0 Å². The van der Waals surface area contributed by atoms with Gasteiger partial charge in [-0.1, -0.05) is 0 Å². The van der Waals surface area contributed by atoms with Gasteiger partial charge in [-0.15, -0.1) is 17.0 Å². The van der Waals surface area contributed by atoms with Crippen molar-refractivity contribution in [2.24, 2.45) is 5.41 Å². The van der Waals surface area contributed by atoms with Crippen molar-refractivity contribution in [2.75, 3.05) is 13.2 Å². The maximum atomic E-state index is 11.1. The Morgan fingerprint density at radius 2 is 1.42 bits per heavy atom. The van der Waals surface area contributed by atoms with Crippen LogP contribution in [0.5, 0.6) is 0 Å². The summed E-state index contributed by atoms with van der Waals surface area (Å²) in [6, 6.07) is 0. The standard InChI is InChI=1S/C7H8O4.BrH/c8-5-7(1-3-10-5)2-4-11-6(7)9;/h1-4H2;1H. The molecule has 0 saturated carbocycles. The molecule has 0 aromatic heterocycles. The van der Waals surface area contributed by atoms with Crippen molar-refractivity contribution >= 4 is 28.9 Å². The third-order valence-corrected chi connectivity index (χ3v) is 2.31. The number of esters is 2. The fraction of sp³-hybridized carbons (Fsp3) is 0.714. The number of carbonyl (C=O) groups is 2. The molecule has 4 nitrogen and oxygen atoms in total. The van der Waals surface area contributed by atoms with Crippen LogP contribution in [0.2, 0.25) is 0 Å². The van der Waals surface area contributed by atoms with Crippen molar-refractivity contribution < 1.29 is 19.1 Å². The minimum atomic E-state index is -0.917. The Morgan fingerprint density at radius 1 is 1.00 bits per heavy atom. The van der Waals surface area contributed by atoms with Gasteiger partial charge in [0.15, 0.2) is 5.41 Å². The Bertz CT molecular complexity index is 201. The average Bonchev–Trinajstić information content (AvgIpc) is 2.48. The van der Waals surface area contributed by atoms with Crippen molar-refractivity contribution in [1.82, 2.24) is 0 Å². The summed E-state index contributed by atoms with van der Waals surface area (Å²) in [4.78, 5) is 22.2. The molecule has 0 aliphatic carbocycles. The predicted molar refractivity (Wildman–Crippen MR) is 43.9 cm³/mol. The van der Waals surface area contributed by atoms with Gasteiger partial charge in [0, 0.05) is 12.8 Å². The molecule has 2 fully saturated rings. The fourth-order valence-electron chi connectivity index (χ4n) is 1.53. The zero-order chi connectivity index (χ0) is 7.90. The molecular formula is C7H9BrO4. The highest BCUT2D eigenvalue weighted by Gasteiger charge is 2.55. The normalized spacial score (nSPS) is 25.0. The predicted octanol–water partition coefficient (Wildman–Crippen LogP) is 0.445. The van der Waals surface area contributed by atoms with Crippen molar-refractivity contribution in [3.8, 4) is 0 Å². The highest BCUT2D eigenvalue weighted by atomic mass is 79.9. The summed E-state index contributed by atoms with van der Waals surface area (Å²) in [5.41, 5.74) is -0.917. The lowest BCUT2D eigenvalue weighted by Gasteiger charge is -2.09. The van der Waals surface area contributed by atoms with Crippen LogP contribution in [0.1, 0.15) is 12.8 Å². The van der Waals surface area contributed by atoms with Gasteiger partial charge in [0.25, 0.3) is 0 Å². The van der Waals surface area contributed by atoms with Crippen LogP contribution in [-0.4, -0.2) is 25.2 Å². The summed E-state index contributed by atoms with van der Waals surface area (Å²) in [5, 5.41) is 0. The van der Waals surface area contributed by atoms with Crippen LogP contribution in [0.3, 0.4) is 0 Å². The van der Waals surface area contributed by atoms with Gasteiger partial charge < -0.3 is 9.47 Å². The molecule has 0 bridgehead atoms. The van der Waals surface area contributed by atoms with Crippen LogP contribution in [0.4, 0.5) is 0 Å². The Morgan fingerprint density at radius 3 is 1.67 bits per heavy atom. The largest absolute Gasteiger partial charge is 0.465 e. The fourth-order valence-corrected chi connectivity index (χ4v) is 1.53. The second kappa shape index (κ2) is 3.05. The summed E-state index contributed by atoms with van der Waals surface area (Å²) in [5.74, 6) is -0.806. The van der Waals surface area contributed by atoms with Gasteiger partial charge in [-0.3, -0.25) is 9.59 Å². The number of cyclic esters (lactones) is 2. The van der Waals surface area contributed by atoms with E-state index in [4.69, 9.17) is 9.47 Å². The molecule has 0 amide bonds. The second-order valence-electron chi connectivity index (χ2n) is 2.85. The molecule has 0 radical (unpaired) electrons. The van der Waals surface area contributed by atoms with E-state index in [0.717, 1.165) is 0 Å². The molecule has 0 unspecified atom stereocenters. The Kier molecular flexibility index (Phi) is 2.41. The molecular weight excluding hydrogens is 228 g/mol. The summed E-state index contributed by atoms with van der Waals surface area (Å²) < 4.78 is 9.44. The van der Waals surface area contributed by atoms with Crippen LogP contribution in [0.15, 0.2) is 0 Å². The molecule has 12 heavy (non-hydrogen) atoms. The van der Waals surface area contributed by atoms with Crippen LogP contribution in [-0.2, 0) is 19.1 Å². The molecule has 2 aliphatic heterocycles. The zero-order valence-corrected chi connectivity index (χ0v) is 8.08. The van der Waals surface area contributed by atoms with Crippen molar-refractivity contribution in [1.29, 1.82) is 0 Å². The van der Waals surface area contributed by atoms with Crippen molar-refractivity contribution in [3.63, 3.8) is 0 Å². The number of ether oxygens (including phenoxy) is 2. The van der Waals surface area contributed by atoms with Crippen LogP contribution in [0, 0.1) is 5.41 Å². The van der Waals surface area contributed by atoms with Crippen LogP contribution in [0.25, 0.3) is 0 Å². The third-order valence-electron chi connectivity index (χ3n) is 2.31. The minimum absolute atomic E-state index is 0. The minimum Gasteiger partial charge on any atom is -0.465 e. The lowest BCUT2D eigenvalue weighted by atomic mass is 9.85. The monoisotopic (exact) mass is 236 g/mol. The quantitative estimate of drug-likeness (QED) is 0.453. The van der Waals surface area contributed by atoms with Gasteiger partial charge >= 0.3 is 11.9 Å². The van der Waals surface area contributed by atoms with E-state index in [-0.39, 0.29) is 17.0 Å². The summed E-state index contributed by atoms with van der Waals surface area (Å²) in [6.07, 6.45) is 0.981. The number of rotatable bonds is 0. The number of hydrogen-bond donors (Lipinski definition) is 0. The highest BCUT2D eigenvalue weighted by molar-refractivity contribution is 8.93. The summed E-state index contributed by atoms with van der Waals surface area (Å²) >= 11 is 0. The molecule has 2 heterocycles. The van der Waals surface area contributed by atoms with Gasteiger partial charge in [0.05, 0.1) is 13.2 Å². The zero-order valence-electron chi connectivity index (χ0n) is 6.37. The van der Waals surface area contributed by atoms with Gasteiger partial charge in [-0.05, 0) is 0 Å². The molecule has 0 N–H and O–H groups in total. The van der Waals surface area contributed by atoms with Crippen LogP contribution >= 0.6 is 17.0 Å². The van der Waals surface area contributed by atoms with E-state index in [1.165, 1.54) is 0 Å². The second-order valence-corrected chi connectivity index (χ2v) is 2.85. The van der Waals surface area contributed by atoms with E-state index in [1.807, 2.05) is 0 Å². The number of carbonyl (C=O) groups excluding carboxylic acids is 2. The molecule has 5 heteroatoms. The van der Waals surface area contributed by atoms with E-state index in [2.05, 4.69) is 0 Å². The maximum absolute atomic E-state index is 11.1. The van der Waals surface area contributed by atoms with Gasteiger partial charge in [-0.25, -0.2) is 0 Å². The first-order chi connectivity index (χ1) is 5.26. The molecule has 2 rings (SSSR count). The van der Waals surface area contributed by atoms with E-state index >= 15 is 0 Å². The molecule has 1 spiro atoms. The Balaban J connectivity index is 0.000000720. The van der Waals surface area contributed by atoms with Gasteiger partial charge in [0.2, 0.25) is 0 Å². The summed E-state index contributed by atoms with van der Waals surface area (Å²) in [7, 11) is 0. The van der Waals surface area contributed by atoms with E-state index < -0.39 is 17.4 Å². The third kappa shape index (κ3) is 1.03. The lowest BCUT2D eigenvalue weighted by Crippen LogP contribution is -2.31. The first kappa shape index (κ1) is 9.51. The molecule has 0 aromatic carbocycles. The smallest absolute Gasteiger partial charge is 0.323 e. The van der Waals surface area contributed by atoms with Crippen molar-refractivity contribution in [2.45, 2.75) is 12.8 Å². The molecule has 68 valence electrons. The average molecular weight is 237 g/mol. The first-order valence-electron chi connectivity index (χ1n) is 3.60. The topological polar surface area (TPSA) is 52.6 Å². The summed E-state index contributed by atoms with van der Waals surface area (Å²) in [6.45, 7) is 0.710. The molecule has 2 saturated heterocycles. The van der Waals surface area contributed by atoms with Gasteiger partial charge in [-0.2, -0.15) is 0 Å². The number of halogens is 1. The number of hydrogen-bond acceptors (Lipinski definition) is 4. The molecule has 2 aliphatic rings. The van der Waals surface area contributed by atoms with E-state index in [1.54, 1.807) is 0 Å². The molecule has 0 atom stereocenters. The van der Waals surface area contributed by atoms with E-state index in [0.29, 0.717) is 26.1 Å². The van der Waals surface area contributed by atoms with Crippen molar-refractivity contribution in [3.05, 3.63) is 0 Å². The lowest BCUT2D eigenvalue weighted by molar-refractivity contribution is -0.156. The van der Waals surface area contributed by atoms with Gasteiger partial charge in [0.1, 0.15) is 0 Å². The SMILES string of the molecule is Br.O=C1OCCC12CCOC2=O. The highest BCUT2D eigenvalue weighted by Crippen LogP contribution is 2.38. The Labute approximate surface area is 80.0 Å². The Hall–Kier alpha value is -0.580. The van der Waals surface area contributed by atoms with E-state index in [9.17, 15) is 9.59 Å². The first-order valence-corrected chi connectivity index (χ1v) is 3.60. The molecule has 0 aromatic rings.